The van der Waals surface area contributed by atoms with Crippen LogP contribution in [0, 0.1) is 0 Å². The molecule has 19 heavy (non-hydrogen) atoms. The van der Waals surface area contributed by atoms with Gasteiger partial charge in [0.2, 0.25) is 0 Å². The first-order valence-electron chi connectivity index (χ1n) is 5.53. The molecule has 0 aliphatic carbocycles. The van der Waals surface area contributed by atoms with E-state index in [0.717, 1.165) is 0 Å². The molecule has 0 aromatic heterocycles. The normalized spacial score (nSPS) is 22.2. The number of carbonyl (C=O) groups is 2. The highest BCUT2D eigenvalue weighted by atomic mass is 35.5. The zero-order valence-electron chi connectivity index (χ0n) is 9.78. The molecule has 1 aliphatic rings. The lowest BCUT2D eigenvalue weighted by Crippen LogP contribution is -2.54. The monoisotopic (exact) mass is 319 g/mol. The number of hydrogen-bond donors (Lipinski definition) is 2. The number of thioether (sulfide) groups is 1. The van der Waals surface area contributed by atoms with Gasteiger partial charge in [-0.2, -0.15) is 11.8 Å². The van der Waals surface area contributed by atoms with Crippen LogP contribution in [0.25, 0.3) is 0 Å². The summed E-state index contributed by atoms with van der Waals surface area (Å²) in [5.41, 5.74) is -0.889. The maximum absolute atomic E-state index is 12.1. The van der Waals surface area contributed by atoms with E-state index in [4.69, 9.17) is 23.2 Å². The van der Waals surface area contributed by atoms with Crippen molar-refractivity contribution in [2.45, 2.75) is 12.0 Å². The van der Waals surface area contributed by atoms with Crippen molar-refractivity contribution < 1.29 is 14.7 Å². The Hall–Kier alpha value is -0.910. The predicted molar refractivity (Wildman–Crippen MR) is 76.2 cm³/mol. The molecule has 0 radical (unpaired) electrons. The van der Waals surface area contributed by atoms with Crippen molar-refractivity contribution in [1.82, 2.24) is 5.32 Å². The third-order valence-corrected chi connectivity index (χ3v) is 4.89. The third-order valence-electron chi connectivity index (χ3n) is 2.97. The number of hydrogen-bond acceptors (Lipinski definition) is 3. The zero-order chi connectivity index (χ0) is 14.0. The van der Waals surface area contributed by atoms with Gasteiger partial charge in [0, 0.05) is 11.3 Å². The number of carbonyl (C=O) groups excluding carboxylic acids is 1. The molecule has 2 rings (SSSR count). The van der Waals surface area contributed by atoms with E-state index < -0.39 is 17.4 Å². The minimum absolute atomic E-state index is 0.263. The highest BCUT2D eigenvalue weighted by Gasteiger charge is 2.43. The average Bonchev–Trinajstić information content (AvgIpc) is 2.82. The van der Waals surface area contributed by atoms with Gasteiger partial charge in [-0.15, -0.1) is 0 Å². The molecule has 1 saturated heterocycles. The van der Waals surface area contributed by atoms with Crippen LogP contribution in [-0.4, -0.2) is 34.0 Å². The number of carboxylic acids is 1. The van der Waals surface area contributed by atoms with Crippen LogP contribution in [0.15, 0.2) is 18.2 Å². The molecule has 0 saturated carbocycles. The molecule has 1 unspecified atom stereocenters. The smallest absolute Gasteiger partial charge is 0.330 e. The Labute approximate surface area is 124 Å². The fraction of sp³-hybridized carbons (Fsp3) is 0.333. The standard InChI is InChI=1S/C12H11Cl2NO3S/c13-8-2-1-7(5-9(8)14)10(16)15-12(11(17)18)3-4-19-6-12/h1-2,5H,3-4,6H2,(H,15,16)(H,17,18). The number of halogens is 2. The molecule has 1 atom stereocenters. The lowest BCUT2D eigenvalue weighted by atomic mass is 9.98. The SMILES string of the molecule is O=C(NC1(C(=O)O)CCSC1)c1ccc(Cl)c(Cl)c1. The Balaban J connectivity index is 2.20. The molecule has 1 aromatic carbocycles. The van der Waals surface area contributed by atoms with Crippen molar-refractivity contribution in [3.05, 3.63) is 33.8 Å². The summed E-state index contributed by atoms with van der Waals surface area (Å²) in [6.45, 7) is 0. The summed E-state index contributed by atoms with van der Waals surface area (Å²) in [6, 6.07) is 4.45. The third kappa shape index (κ3) is 2.99. The highest BCUT2D eigenvalue weighted by Crippen LogP contribution is 2.29. The van der Waals surface area contributed by atoms with E-state index in [1.54, 1.807) is 0 Å². The van der Waals surface area contributed by atoms with Gasteiger partial charge in [0.25, 0.3) is 5.91 Å². The predicted octanol–water partition coefficient (Wildman–Crippen LogP) is 2.68. The molecule has 1 amide bonds. The molecule has 2 N–H and O–H groups in total. The van der Waals surface area contributed by atoms with Gasteiger partial charge in [0.15, 0.2) is 0 Å². The number of carboxylic acid groups (broad SMARTS) is 1. The second-order valence-electron chi connectivity index (χ2n) is 4.27. The summed E-state index contributed by atoms with van der Waals surface area (Å²) >= 11 is 13.1. The first-order chi connectivity index (χ1) is 8.94. The number of rotatable bonds is 3. The van der Waals surface area contributed by atoms with Crippen LogP contribution in [0.3, 0.4) is 0 Å². The van der Waals surface area contributed by atoms with Gasteiger partial charge in [-0.05, 0) is 30.4 Å². The van der Waals surface area contributed by atoms with Crippen LogP contribution in [-0.2, 0) is 4.79 Å². The van der Waals surface area contributed by atoms with Gasteiger partial charge in [-0.3, -0.25) is 4.79 Å². The van der Waals surface area contributed by atoms with Crippen molar-refractivity contribution in [2.75, 3.05) is 11.5 Å². The number of amides is 1. The summed E-state index contributed by atoms with van der Waals surface area (Å²) < 4.78 is 0. The van der Waals surface area contributed by atoms with Crippen molar-refractivity contribution in [3.63, 3.8) is 0 Å². The van der Waals surface area contributed by atoms with Crippen LogP contribution in [0.1, 0.15) is 16.8 Å². The van der Waals surface area contributed by atoms with E-state index in [1.807, 2.05) is 0 Å². The fourth-order valence-electron chi connectivity index (χ4n) is 1.81. The molecule has 0 bridgehead atoms. The van der Waals surface area contributed by atoms with Gasteiger partial charge >= 0.3 is 5.97 Å². The lowest BCUT2D eigenvalue weighted by Gasteiger charge is -2.24. The fourth-order valence-corrected chi connectivity index (χ4v) is 3.44. The van der Waals surface area contributed by atoms with E-state index in [0.29, 0.717) is 28.5 Å². The second-order valence-corrected chi connectivity index (χ2v) is 6.19. The molecule has 1 aromatic rings. The Morgan fingerprint density at radius 1 is 1.32 bits per heavy atom. The van der Waals surface area contributed by atoms with E-state index in [1.165, 1.54) is 30.0 Å². The van der Waals surface area contributed by atoms with Crippen molar-refractivity contribution in [3.8, 4) is 0 Å². The molecule has 1 fully saturated rings. The van der Waals surface area contributed by atoms with Crippen molar-refractivity contribution in [1.29, 1.82) is 0 Å². The van der Waals surface area contributed by atoms with Gasteiger partial charge in [0.05, 0.1) is 10.0 Å². The first-order valence-corrected chi connectivity index (χ1v) is 7.44. The van der Waals surface area contributed by atoms with Crippen LogP contribution >= 0.6 is 35.0 Å². The zero-order valence-corrected chi connectivity index (χ0v) is 12.1. The molecular weight excluding hydrogens is 309 g/mol. The number of aliphatic carboxylic acids is 1. The molecule has 1 aliphatic heterocycles. The minimum Gasteiger partial charge on any atom is -0.479 e. The molecule has 4 nitrogen and oxygen atoms in total. The maximum Gasteiger partial charge on any atom is 0.330 e. The lowest BCUT2D eigenvalue weighted by molar-refractivity contribution is -0.143. The van der Waals surface area contributed by atoms with E-state index in [-0.39, 0.29) is 5.02 Å². The van der Waals surface area contributed by atoms with E-state index in [2.05, 4.69) is 5.32 Å². The van der Waals surface area contributed by atoms with Gasteiger partial charge in [-0.25, -0.2) is 4.79 Å². The van der Waals surface area contributed by atoms with E-state index >= 15 is 0 Å². The Morgan fingerprint density at radius 3 is 2.58 bits per heavy atom. The summed E-state index contributed by atoms with van der Waals surface area (Å²) in [7, 11) is 0. The van der Waals surface area contributed by atoms with Crippen LogP contribution in [0.4, 0.5) is 0 Å². The van der Waals surface area contributed by atoms with Gasteiger partial charge in [0.1, 0.15) is 5.54 Å². The molecule has 7 heteroatoms. The molecule has 102 valence electrons. The molecule has 1 heterocycles. The summed E-state index contributed by atoms with van der Waals surface area (Å²) in [6.07, 6.45) is 0.417. The Morgan fingerprint density at radius 2 is 2.05 bits per heavy atom. The number of nitrogens with one attached hydrogen (secondary N) is 1. The summed E-state index contributed by atoms with van der Waals surface area (Å²) in [4.78, 5) is 23.4. The molecule has 0 spiro atoms. The van der Waals surface area contributed by atoms with Crippen LogP contribution < -0.4 is 5.32 Å². The number of benzene rings is 1. The van der Waals surface area contributed by atoms with Gasteiger partial charge < -0.3 is 10.4 Å². The Bertz CT molecular complexity index is 530. The molecular formula is C12H11Cl2NO3S. The topological polar surface area (TPSA) is 66.4 Å². The first kappa shape index (κ1) is 14.5. The van der Waals surface area contributed by atoms with Crippen LogP contribution in [0.5, 0.6) is 0 Å². The van der Waals surface area contributed by atoms with Crippen LogP contribution in [0.2, 0.25) is 10.0 Å². The summed E-state index contributed by atoms with van der Waals surface area (Å²) in [5, 5.41) is 12.5. The maximum atomic E-state index is 12.1. The highest BCUT2D eigenvalue weighted by molar-refractivity contribution is 7.99. The van der Waals surface area contributed by atoms with Crippen molar-refractivity contribution >= 4 is 46.8 Å². The quantitative estimate of drug-likeness (QED) is 0.899. The van der Waals surface area contributed by atoms with Crippen molar-refractivity contribution in [2.24, 2.45) is 0 Å². The Kier molecular flexibility index (Phi) is 4.28. The second kappa shape index (κ2) is 5.61. The average molecular weight is 320 g/mol. The minimum atomic E-state index is -1.19. The van der Waals surface area contributed by atoms with Gasteiger partial charge in [-0.1, -0.05) is 23.2 Å². The largest absolute Gasteiger partial charge is 0.479 e. The van der Waals surface area contributed by atoms with E-state index in [9.17, 15) is 14.7 Å². The summed E-state index contributed by atoms with van der Waals surface area (Å²) in [5.74, 6) is -0.377.